The van der Waals surface area contributed by atoms with Gasteiger partial charge in [-0.05, 0) is 26.3 Å². The molecule has 0 saturated heterocycles. The van der Waals surface area contributed by atoms with Crippen molar-refractivity contribution in [2.75, 3.05) is 0 Å². The molecule has 0 heterocycles. The SMILES string of the molecule is CC(C)(C)ON.NOCc1ccccc1. The van der Waals surface area contributed by atoms with Crippen molar-refractivity contribution in [3.8, 4) is 0 Å². The van der Waals surface area contributed by atoms with E-state index >= 15 is 0 Å². The summed E-state index contributed by atoms with van der Waals surface area (Å²) in [5, 5.41) is 0. The van der Waals surface area contributed by atoms with Crippen molar-refractivity contribution in [1.29, 1.82) is 0 Å². The Morgan fingerprint density at radius 1 is 1.07 bits per heavy atom. The quantitative estimate of drug-likeness (QED) is 0.733. The van der Waals surface area contributed by atoms with Crippen LogP contribution in [-0.4, -0.2) is 5.60 Å². The number of hydrogen-bond acceptors (Lipinski definition) is 4. The zero-order valence-electron chi connectivity index (χ0n) is 9.57. The highest BCUT2D eigenvalue weighted by molar-refractivity contribution is 5.13. The zero-order chi connectivity index (χ0) is 11.7. The Morgan fingerprint density at radius 2 is 1.53 bits per heavy atom. The summed E-state index contributed by atoms with van der Waals surface area (Å²) in [4.78, 5) is 8.87. The van der Waals surface area contributed by atoms with Crippen molar-refractivity contribution >= 4 is 0 Å². The van der Waals surface area contributed by atoms with Gasteiger partial charge in [-0.15, -0.1) is 0 Å². The summed E-state index contributed by atoms with van der Waals surface area (Å²) in [7, 11) is 0. The van der Waals surface area contributed by atoms with E-state index in [0.717, 1.165) is 5.56 Å². The van der Waals surface area contributed by atoms with E-state index in [1.165, 1.54) is 0 Å². The molecule has 0 fully saturated rings. The molecule has 0 atom stereocenters. The summed E-state index contributed by atoms with van der Waals surface area (Å²) in [6, 6.07) is 9.79. The third-order valence-corrected chi connectivity index (χ3v) is 1.45. The summed E-state index contributed by atoms with van der Waals surface area (Å²) < 4.78 is 0. The second-order valence-corrected chi connectivity index (χ2v) is 4.03. The first-order valence-electron chi connectivity index (χ1n) is 4.73. The van der Waals surface area contributed by atoms with Crippen molar-refractivity contribution in [3.05, 3.63) is 35.9 Å². The first-order valence-corrected chi connectivity index (χ1v) is 4.73. The van der Waals surface area contributed by atoms with Crippen molar-refractivity contribution in [3.63, 3.8) is 0 Å². The predicted molar refractivity (Wildman–Crippen MR) is 60.4 cm³/mol. The van der Waals surface area contributed by atoms with Gasteiger partial charge in [0.2, 0.25) is 0 Å². The normalized spacial score (nSPS) is 10.5. The summed E-state index contributed by atoms with van der Waals surface area (Å²) in [6.45, 7) is 6.17. The molecule has 0 aliphatic heterocycles. The molecule has 0 radical (unpaired) electrons. The van der Waals surface area contributed by atoms with Crippen LogP contribution in [0.2, 0.25) is 0 Å². The standard InChI is InChI=1S/C7H9NO.C4H11NO/c8-9-6-7-4-2-1-3-5-7;1-4(2,3)6-5/h1-5H,6,8H2;5H2,1-3H3. The highest BCUT2D eigenvalue weighted by atomic mass is 16.6. The van der Waals surface area contributed by atoms with Gasteiger partial charge in [0.1, 0.15) is 0 Å². The van der Waals surface area contributed by atoms with Gasteiger partial charge in [-0.25, -0.2) is 11.8 Å². The smallest absolute Gasteiger partial charge is 0.0930 e. The lowest BCUT2D eigenvalue weighted by atomic mass is 10.2. The molecule has 0 aromatic heterocycles. The van der Waals surface area contributed by atoms with Crippen LogP contribution in [0.15, 0.2) is 30.3 Å². The zero-order valence-corrected chi connectivity index (χ0v) is 9.57. The van der Waals surface area contributed by atoms with Crippen LogP contribution in [0.1, 0.15) is 26.3 Å². The van der Waals surface area contributed by atoms with E-state index in [1.807, 2.05) is 51.1 Å². The Bertz CT molecular complexity index is 245. The minimum absolute atomic E-state index is 0.181. The molecule has 1 rings (SSSR count). The van der Waals surface area contributed by atoms with Crippen LogP contribution in [0.5, 0.6) is 0 Å². The molecule has 4 nitrogen and oxygen atoms in total. The summed E-state index contributed by atoms with van der Waals surface area (Å²) in [5.74, 6) is 9.67. The maximum Gasteiger partial charge on any atom is 0.0930 e. The van der Waals surface area contributed by atoms with Gasteiger partial charge in [-0.1, -0.05) is 30.3 Å². The molecule has 0 amide bonds. The second kappa shape index (κ2) is 7.36. The average Bonchev–Trinajstić information content (AvgIpc) is 2.20. The molecule has 1 aromatic rings. The summed E-state index contributed by atoms with van der Waals surface area (Å²) >= 11 is 0. The predicted octanol–water partition coefficient (Wildman–Crippen LogP) is 1.75. The van der Waals surface area contributed by atoms with Crippen LogP contribution in [-0.2, 0) is 16.3 Å². The van der Waals surface area contributed by atoms with Crippen LogP contribution in [0.4, 0.5) is 0 Å². The van der Waals surface area contributed by atoms with E-state index in [4.69, 9.17) is 11.8 Å². The van der Waals surface area contributed by atoms with E-state index in [0.29, 0.717) is 6.61 Å². The lowest BCUT2D eigenvalue weighted by molar-refractivity contribution is -0.00428. The van der Waals surface area contributed by atoms with Gasteiger partial charge in [0.15, 0.2) is 0 Å². The molecule has 4 heteroatoms. The molecule has 0 aliphatic carbocycles. The minimum Gasteiger partial charge on any atom is -0.300 e. The maximum absolute atomic E-state index is 4.86. The molecule has 1 aromatic carbocycles. The van der Waals surface area contributed by atoms with E-state index in [2.05, 4.69) is 9.68 Å². The van der Waals surface area contributed by atoms with Gasteiger partial charge in [0.25, 0.3) is 0 Å². The Morgan fingerprint density at radius 3 is 1.87 bits per heavy atom. The highest BCUT2D eigenvalue weighted by Crippen LogP contribution is 2.00. The van der Waals surface area contributed by atoms with Crippen molar-refractivity contribution in [2.45, 2.75) is 33.0 Å². The monoisotopic (exact) mass is 212 g/mol. The van der Waals surface area contributed by atoms with E-state index in [9.17, 15) is 0 Å². The average molecular weight is 212 g/mol. The van der Waals surface area contributed by atoms with Crippen LogP contribution in [0.3, 0.4) is 0 Å². The number of benzene rings is 1. The van der Waals surface area contributed by atoms with Gasteiger partial charge in [-0.3, -0.25) is 9.68 Å². The van der Waals surface area contributed by atoms with Gasteiger partial charge >= 0.3 is 0 Å². The minimum atomic E-state index is -0.181. The number of nitrogens with two attached hydrogens (primary N) is 2. The Balaban J connectivity index is 0.000000288. The van der Waals surface area contributed by atoms with Gasteiger partial charge in [-0.2, -0.15) is 0 Å². The van der Waals surface area contributed by atoms with Gasteiger partial charge in [0, 0.05) is 0 Å². The lowest BCUT2D eigenvalue weighted by Crippen LogP contribution is -2.22. The third kappa shape index (κ3) is 9.37. The molecule has 0 spiro atoms. The second-order valence-electron chi connectivity index (χ2n) is 4.03. The van der Waals surface area contributed by atoms with Crippen LogP contribution >= 0.6 is 0 Å². The Labute approximate surface area is 91.1 Å². The van der Waals surface area contributed by atoms with Gasteiger partial charge < -0.3 is 0 Å². The van der Waals surface area contributed by atoms with Crippen molar-refractivity contribution < 1.29 is 9.68 Å². The fourth-order valence-electron chi connectivity index (χ4n) is 0.670. The molecule has 0 saturated carbocycles. The first-order chi connectivity index (χ1) is 6.99. The van der Waals surface area contributed by atoms with E-state index in [-0.39, 0.29) is 5.60 Å². The Hall–Kier alpha value is -0.940. The maximum atomic E-state index is 4.86. The molecular weight excluding hydrogens is 192 g/mol. The van der Waals surface area contributed by atoms with Crippen LogP contribution < -0.4 is 11.8 Å². The largest absolute Gasteiger partial charge is 0.300 e. The number of rotatable bonds is 2. The first kappa shape index (κ1) is 14.1. The van der Waals surface area contributed by atoms with Crippen molar-refractivity contribution in [1.82, 2.24) is 0 Å². The molecule has 0 aliphatic rings. The van der Waals surface area contributed by atoms with Gasteiger partial charge in [0.05, 0.1) is 12.2 Å². The topological polar surface area (TPSA) is 70.5 Å². The fourth-order valence-corrected chi connectivity index (χ4v) is 0.670. The van der Waals surface area contributed by atoms with E-state index in [1.54, 1.807) is 0 Å². The molecule has 0 bridgehead atoms. The Kier molecular flexibility index (Phi) is 6.90. The fraction of sp³-hybridized carbons (Fsp3) is 0.455. The molecule has 86 valence electrons. The molecular formula is C11H20N2O2. The summed E-state index contributed by atoms with van der Waals surface area (Å²) in [6.07, 6.45) is 0. The van der Waals surface area contributed by atoms with Crippen molar-refractivity contribution in [2.24, 2.45) is 11.8 Å². The molecule has 0 unspecified atom stereocenters. The highest BCUT2D eigenvalue weighted by Gasteiger charge is 2.05. The number of hydrogen-bond donors (Lipinski definition) is 2. The lowest BCUT2D eigenvalue weighted by Gasteiger charge is -2.12. The van der Waals surface area contributed by atoms with E-state index < -0.39 is 0 Å². The molecule has 15 heavy (non-hydrogen) atoms. The van der Waals surface area contributed by atoms with Crippen LogP contribution in [0.25, 0.3) is 0 Å². The summed E-state index contributed by atoms with van der Waals surface area (Å²) in [5.41, 5.74) is 0.917. The third-order valence-electron chi connectivity index (χ3n) is 1.45. The molecule has 4 N–H and O–H groups in total. The van der Waals surface area contributed by atoms with Crippen LogP contribution in [0, 0.1) is 0 Å².